The zero-order valence-corrected chi connectivity index (χ0v) is 13.3. The Morgan fingerprint density at radius 3 is 2.57 bits per heavy atom. The van der Waals surface area contributed by atoms with Crippen LogP contribution in [0.2, 0.25) is 0 Å². The number of hydrogen-bond acceptors (Lipinski definition) is 5. The lowest BCUT2D eigenvalue weighted by Crippen LogP contribution is -2.03. The van der Waals surface area contributed by atoms with Gasteiger partial charge in [0.1, 0.15) is 0 Å². The van der Waals surface area contributed by atoms with E-state index in [2.05, 4.69) is 28.9 Å². The fourth-order valence-corrected chi connectivity index (χ4v) is 3.03. The fraction of sp³-hybridized carbons (Fsp3) is 0.333. The van der Waals surface area contributed by atoms with E-state index < -0.39 is 0 Å². The molecule has 6 heteroatoms. The van der Waals surface area contributed by atoms with Crippen molar-refractivity contribution in [3.63, 3.8) is 0 Å². The molecule has 3 aromatic heterocycles. The molecule has 0 aliphatic rings. The number of hydrogen-bond donors (Lipinski definition) is 0. The average molecular weight is 299 g/mol. The number of nitrogens with zero attached hydrogens (tertiary/aromatic N) is 5. The first-order valence-electron chi connectivity index (χ1n) is 6.82. The van der Waals surface area contributed by atoms with Gasteiger partial charge in [-0.2, -0.15) is 5.10 Å². The summed E-state index contributed by atoms with van der Waals surface area (Å²) in [6.45, 7) is 6.37. The second kappa shape index (κ2) is 5.37. The van der Waals surface area contributed by atoms with E-state index in [0.29, 0.717) is 5.92 Å². The predicted molar refractivity (Wildman–Crippen MR) is 84.2 cm³/mol. The topological polar surface area (TPSA) is 56.5 Å². The molecule has 0 saturated heterocycles. The van der Waals surface area contributed by atoms with Gasteiger partial charge in [0.15, 0.2) is 5.82 Å². The largest absolute Gasteiger partial charge is 0.275 e. The van der Waals surface area contributed by atoms with Crippen molar-refractivity contribution in [2.24, 2.45) is 7.05 Å². The first-order valence-corrected chi connectivity index (χ1v) is 7.70. The molecule has 0 spiro atoms. The highest BCUT2D eigenvalue weighted by atomic mass is 32.1. The Morgan fingerprint density at radius 2 is 2.00 bits per heavy atom. The van der Waals surface area contributed by atoms with Crippen molar-refractivity contribution in [3.8, 4) is 22.0 Å². The van der Waals surface area contributed by atoms with Crippen LogP contribution in [0, 0.1) is 6.92 Å². The van der Waals surface area contributed by atoms with Gasteiger partial charge in [-0.05, 0) is 12.8 Å². The Kier molecular flexibility index (Phi) is 3.55. The summed E-state index contributed by atoms with van der Waals surface area (Å²) in [5.74, 6) is 1.09. The summed E-state index contributed by atoms with van der Waals surface area (Å²) in [6.07, 6.45) is 5.65. The third-order valence-corrected chi connectivity index (χ3v) is 4.11. The molecule has 0 saturated carbocycles. The van der Waals surface area contributed by atoms with Crippen LogP contribution < -0.4 is 0 Å². The molecule has 3 rings (SSSR count). The van der Waals surface area contributed by atoms with Crippen molar-refractivity contribution in [2.45, 2.75) is 26.7 Å². The summed E-state index contributed by atoms with van der Waals surface area (Å²) in [5, 5.41) is 4.26. The number of aromatic nitrogens is 5. The van der Waals surface area contributed by atoms with Gasteiger partial charge in [-0.15, -0.1) is 11.3 Å². The molecule has 0 atom stereocenters. The molecule has 21 heavy (non-hydrogen) atoms. The molecule has 0 unspecified atom stereocenters. The lowest BCUT2D eigenvalue weighted by Gasteiger charge is -2.14. The highest BCUT2D eigenvalue weighted by Crippen LogP contribution is 2.32. The van der Waals surface area contributed by atoms with Crippen LogP contribution >= 0.6 is 11.3 Å². The van der Waals surface area contributed by atoms with Gasteiger partial charge in [-0.25, -0.2) is 9.97 Å². The Balaban J connectivity index is 2.23. The fourth-order valence-electron chi connectivity index (χ4n) is 2.47. The van der Waals surface area contributed by atoms with Crippen molar-refractivity contribution in [3.05, 3.63) is 35.4 Å². The average Bonchev–Trinajstić information content (AvgIpc) is 3.08. The second-order valence-electron chi connectivity index (χ2n) is 5.32. The molecule has 0 aliphatic heterocycles. The summed E-state index contributed by atoms with van der Waals surface area (Å²) in [7, 11) is 1.91. The minimum atomic E-state index is 0.357. The SMILES string of the molecule is Cc1nc(-c2cncs2)nc(-c2cnn(C)c2)c1C(C)C. The van der Waals surface area contributed by atoms with Crippen molar-refractivity contribution in [2.75, 3.05) is 0 Å². The smallest absolute Gasteiger partial charge is 0.171 e. The molecule has 0 aromatic carbocycles. The molecule has 0 radical (unpaired) electrons. The van der Waals surface area contributed by atoms with Crippen LogP contribution in [0.1, 0.15) is 31.0 Å². The summed E-state index contributed by atoms with van der Waals surface area (Å²) in [5.41, 5.74) is 5.98. The van der Waals surface area contributed by atoms with Gasteiger partial charge in [0, 0.05) is 36.3 Å². The van der Waals surface area contributed by atoms with Crippen LogP contribution in [-0.2, 0) is 7.05 Å². The van der Waals surface area contributed by atoms with E-state index in [4.69, 9.17) is 4.98 Å². The number of rotatable bonds is 3. The highest BCUT2D eigenvalue weighted by molar-refractivity contribution is 7.13. The Labute approximate surface area is 127 Å². The molecule has 0 fully saturated rings. The molecule has 3 aromatic rings. The van der Waals surface area contributed by atoms with Crippen LogP contribution in [-0.4, -0.2) is 24.7 Å². The van der Waals surface area contributed by atoms with Crippen LogP contribution in [0.15, 0.2) is 24.1 Å². The monoisotopic (exact) mass is 299 g/mol. The van der Waals surface area contributed by atoms with Crippen LogP contribution in [0.5, 0.6) is 0 Å². The van der Waals surface area contributed by atoms with E-state index in [1.54, 1.807) is 21.5 Å². The number of aryl methyl sites for hydroxylation is 2. The molecule has 3 heterocycles. The lowest BCUT2D eigenvalue weighted by molar-refractivity contribution is 0.767. The van der Waals surface area contributed by atoms with E-state index in [9.17, 15) is 0 Å². The van der Waals surface area contributed by atoms with Gasteiger partial charge >= 0.3 is 0 Å². The van der Waals surface area contributed by atoms with Gasteiger partial charge in [-0.3, -0.25) is 9.67 Å². The van der Waals surface area contributed by atoms with Crippen molar-refractivity contribution >= 4 is 11.3 Å². The van der Waals surface area contributed by atoms with Gasteiger partial charge in [0.2, 0.25) is 0 Å². The normalized spacial score (nSPS) is 11.3. The zero-order chi connectivity index (χ0) is 15.0. The third-order valence-electron chi connectivity index (χ3n) is 3.34. The van der Waals surface area contributed by atoms with E-state index in [1.165, 1.54) is 5.56 Å². The predicted octanol–water partition coefficient (Wildman–Crippen LogP) is 3.43. The lowest BCUT2D eigenvalue weighted by atomic mass is 9.97. The maximum absolute atomic E-state index is 4.79. The van der Waals surface area contributed by atoms with E-state index in [-0.39, 0.29) is 0 Å². The summed E-state index contributed by atoms with van der Waals surface area (Å²) < 4.78 is 1.79. The highest BCUT2D eigenvalue weighted by Gasteiger charge is 2.18. The quantitative estimate of drug-likeness (QED) is 0.743. The van der Waals surface area contributed by atoms with Crippen molar-refractivity contribution in [1.82, 2.24) is 24.7 Å². The van der Waals surface area contributed by atoms with E-state index in [1.807, 2.05) is 32.6 Å². The first kappa shape index (κ1) is 13.9. The molecular weight excluding hydrogens is 282 g/mol. The van der Waals surface area contributed by atoms with Crippen molar-refractivity contribution < 1.29 is 0 Å². The van der Waals surface area contributed by atoms with Gasteiger partial charge < -0.3 is 0 Å². The number of thiazole rings is 1. The minimum absolute atomic E-state index is 0.357. The molecule has 5 nitrogen and oxygen atoms in total. The van der Waals surface area contributed by atoms with Crippen LogP contribution in [0.4, 0.5) is 0 Å². The van der Waals surface area contributed by atoms with Gasteiger partial charge in [-0.1, -0.05) is 13.8 Å². The molecule has 0 N–H and O–H groups in total. The van der Waals surface area contributed by atoms with Gasteiger partial charge in [0.05, 0.1) is 22.3 Å². The first-order chi connectivity index (χ1) is 10.1. The Morgan fingerprint density at radius 1 is 1.19 bits per heavy atom. The summed E-state index contributed by atoms with van der Waals surface area (Å²) >= 11 is 1.55. The standard InChI is InChI=1S/C15H17N5S/c1-9(2)13-10(3)18-15(12-6-16-8-21-12)19-14(13)11-5-17-20(4)7-11/h5-9H,1-4H3. The third kappa shape index (κ3) is 2.58. The summed E-state index contributed by atoms with van der Waals surface area (Å²) in [6, 6.07) is 0. The molecule has 0 bridgehead atoms. The maximum Gasteiger partial charge on any atom is 0.171 e. The maximum atomic E-state index is 4.79. The second-order valence-corrected chi connectivity index (χ2v) is 6.20. The van der Waals surface area contributed by atoms with E-state index >= 15 is 0 Å². The Bertz CT molecular complexity index is 758. The molecule has 0 aliphatic carbocycles. The van der Waals surface area contributed by atoms with E-state index in [0.717, 1.165) is 27.7 Å². The van der Waals surface area contributed by atoms with Gasteiger partial charge in [0.25, 0.3) is 0 Å². The summed E-state index contributed by atoms with van der Waals surface area (Å²) in [4.78, 5) is 14.5. The minimum Gasteiger partial charge on any atom is -0.275 e. The molecular formula is C15H17N5S. The Hall–Kier alpha value is -2.08. The van der Waals surface area contributed by atoms with Crippen LogP contribution in [0.3, 0.4) is 0 Å². The van der Waals surface area contributed by atoms with Crippen molar-refractivity contribution in [1.29, 1.82) is 0 Å². The molecule has 0 amide bonds. The molecule has 108 valence electrons. The zero-order valence-electron chi connectivity index (χ0n) is 12.5. The van der Waals surface area contributed by atoms with Crippen LogP contribution in [0.25, 0.3) is 22.0 Å².